The summed E-state index contributed by atoms with van der Waals surface area (Å²) in [6, 6.07) is 0. The molecular formula is C10H16OS. The number of ketones is 1. The van der Waals surface area contributed by atoms with Gasteiger partial charge in [-0.2, -0.15) is 11.8 Å². The fraction of sp³-hybridized carbons (Fsp3) is 0.700. The Hall–Kier alpha value is -0.240. The Kier molecular flexibility index (Phi) is 2.99. The van der Waals surface area contributed by atoms with Crippen LogP contribution in [0.1, 0.15) is 27.2 Å². The Morgan fingerprint density at radius 2 is 2.25 bits per heavy atom. The van der Waals surface area contributed by atoms with Crippen molar-refractivity contribution in [3.8, 4) is 0 Å². The number of carbonyl (C=O) groups excluding carboxylic acids is 1. The lowest BCUT2D eigenvalue weighted by atomic mass is 9.92. The molecule has 0 aromatic carbocycles. The molecule has 0 radical (unpaired) electrons. The summed E-state index contributed by atoms with van der Waals surface area (Å²) in [6.45, 7) is 6.10. The van der Waals surface area contributed by atoms with Crippen molar-refractivity contribution < 1.29 is 4.79 Å². The highest BCUT2D eigenvalue weighted by molar-refractivity contribution is 8.00. The van der Waals surface area contributed by atoms with Gasteiger partial charge in [0.05, 0.1) is 0 Å². The van der Waals surface area contributed by atoms with Crippen molar-refractivity contribution >= 4 is 17.5 Å². The molecule has 0 amide bonds. The first-order valence-corrected chi connectivity index (χ1v) is 5.33. The first kappa shape index (κ1) is 9.85. The van der Waals surface area contributed by atoms with Crippen molar-refractivity contribution in [2.75, 3.05) is 5.75 Å². The quantitative estimate of drug-likeness (QED) is 0.614. The van der Waals surface area contributed by atoms with Crippen LogP contribution in [0.4, 0.5) is 0 Å². The molecule has 0 saturated carbocycles. The smallest absolute Gasteiger partial charge is 0.152 e. The van der Waals surface area contributed by atoms with Crippen LogP contribution in [0.2, 0.25) is 0 Å². The number of thioether (sulfide) groups is 1. The van der Waals surface area contributed by atoms with Crippen molar-refractivity contribution in [1.29, 1.82) is 0 Å². The average Bonchev–Trinajstić information content (AvgIpc) is 2.25. The fourth-order valence-corrected chi connectivity index (χ4v) is 2.79. The van der Waals surface area contributed by atoms with Crippen LogP contribution in [0.15, 0.2) is 12.2 Å². The number of hydrogen-bond donors (Lipinski definition) is 0. The lowest BCUT2D eigenvalue weighted by molar-refractivity contribution is -0.112. The van der Waals surface area contributed by atoms with Gasteiger partial charge in [-0.05, 0) is 31.1 Å². The van der Waals surface area contributed by atoms with Gasteiger partial charge in [0.2, 0.25) is 0 Å². The normalized spacial score (nSPS) is 28.1. The third-order valence-corrected chi connectivity index (χ3v) is 3.85. The van der Waals surface area contributed by atoms with Crippen LogP contribution in [-0.2, 0) is 4.79 Å². The summed E-state index contributed by atoms with van der Waals surface area (Å²) in [7, 11) is 0. The first-order chi connectivity index (χ1) is 5.52. The van der Waals surface area contributed by atoms with Crippen LogP contribution < -0.4 is 0 Å². The SMILES string of the molecule is CC(=O)/C=C/C1CCSC1(C)C. The van der Waals surface area contributed by atoms with Crippen molar-refractivity contribution in [3.05, 3.63) is 12.2 Å². The average molecular weight is 184 g/mol. The van der Waals surface area contributed by atoms with Gasteiger partial charge in [-0.25, -0.2) is 0 Å². The van der Waals surface area contributed by atoms with Gasteiger partial charge in [0, 0.05) is 4.75 Å². The summed E-state index contributed by atoms with van der Waals surface area (Å²) in [4.78, 5) is 10.7. The van der Waals surface area contributed by atoms with Crippen LogP contribution >= 0.6 is 11.8 Å². The first-order valence-electron chi connectivity index (χ1n) is 4.35. The molecule has 0 spiro atoms. The minimum absolute atomic E-state index is 0.155. The van der Waals surface area contributed by atoms with E-state index in [-0.39, 0.29) is 5.78 Å². The molecule has 1 nitrogen and oxygen atoms in total. The molecule has 1 fully saturated rings. The van der Waals surface area contributed by atoms with Gasteiger partial charge in [0.1, 0.15) is 0 Å². The molecule has 0 aromatic rings. The lowest BCUT2D eigenvalue weighted by Gasteiger charge is -2.22. The second kappa shape index (κ2) is 3.65. The van der Waals surface area contributed by atoms with Crippen LogP contribution in [0, 0.1) is 5.92 Å². The summed E-state index contributed by atoms with van der Waals surface area (Å²) in [5.41, 5.74) is 0. The summed E-state index contributed by atoms with van der Waals surface area (Å²) < 4.78 is 0.325. The zero-order chi connectivity index (χ0) is 9.19. The molecule has 1 heterocycles. The molecule has 1 unspecified atom stereocenters. The van der Waals surface area contributed by atoms with Crippen molar-refractivity contribution in [2.24, 2.45) is 5.92 Å². The third kappa shape index (κ3) is 2.37. The molecule has 12 heavy (non-hydrogen) atoms. The van der Waals surface area contributed by atoms with Crippen molar-refractivity contribution in [1.82, 2.24) is 0 Å². The van der Waals surface area contributed by atoms with Gasteiger partial charge in [0.15, 0.2) is 5.78 Å². The van der Waals surface area contributed by atoms with Crippen LogP contribution in [0.3, 0.4) is 0 Å². The molecular weight excluding hydrogens is 168 g/mol. The molecule has 0 aliphatic carbocycles. The molecule has 0 bridgehead atoms. The van der Waals surface area contributed by atoms with Crippen LogP contribution in [-0.4, -0.2) is 16.3 Å². The molecule has 1 atom stereocenters. The molecule has 1 saturated heterocycles. The van der Waals surface area contributed by atoms with E-state index in [2.05, 4.69) is 19.9 Å². The van der Waals surface area contributed by atoms with E-state index in [1.165, 1.54) is 12.2 Å². The standard InChI is InChI=1S/C10H16OS/c1-8(11)4-5-9-6-7-12-10(9,2)3/h4-5,9H,6-7H2,1-3H3/b5-4+. The third-order valence-electron chi connectivity index (χ3n) is 2.36. The highest BCUT2D eigenvalue weighted by Crippen LogP contribution is 2.42. The molecule has 1 aliphatic rings. The second-order valence-electron chi connectivity index (χ2n) is 3.82. The van der Waals surface area contributed by atoms with Crippen molar-refractivity contribution in [2.45, 2.75) is 31.9 Å². The predicted octanol–water partition coefficient (Wildman–Crippen LogP) is 2.66. The Bertz CT molecular complexity index is 206. The Morgan fingerprint density at radius 3 is 2.67 bits per heavy atom. The Balaban J connectivity index is 2.58. The fourth-order valence-electron chi connectivity index (χ4n) is 1.48. The van der Waals surface area contributed by atoms with Gasteiger partial charge in [0.25, 0.3) is 0 Å². The molecule has 0 N–H and O–H groups in total. The highest BCUT2D eigenvalue weighted by Gasteiger charge is 2.33. The van der Waals surface area contributed by atoms with Crippen molar-refractivity contribution in [3.63, 3.8) is 0 Å². The summed E-state index contributed by atoms with van der Waals surface area (Å²) in [5.74, 6) is 1.95. The van der Waals surface area contributed by atoms with Gasteiger partial charge >= 0.3 is 0 Å². The molecule has 2 heteroatoms. The number of hydrogen-bond acceptors (Lipinski definition) is 2. The summed E-state index contributed by atoms with van der Waals surface area (Å²) >= 11 is 2.00. The molecule has 1 aliphatic heterocycles. The van der Waals surface area contributed by atoms with Gasteiger partial charge in [-0.1, -0.05) is 19.9 Å². The largest absolute Gasteiger partial charge is 0.295 e. The van der Waals surface area contributed by atoms with Crippen LogP contribution in [0.5, 0.6) is 0 Å². The lowest BCUT2D eigenvalue weighted by Crippen LogP contribution is -2.19. The second-order valence-corrected chi connectivity index (χ2v) is 5.57. The molecule has 0 aromatic heterocycles. The van der Waals surface area contributed by atoms with E-state index in [1.807, 2.05) is 11.8 Å². The topological polar surface area (TPSA) is 17.1 Å². The highest BCUT2D eigenvalue weighted by atomic mass is 32.2. The Morgan fingerprint density at radius 1 is 1.58 bits per heavy atom. The van der Waals surface area contributed by atoms with E-state index < -0.39 is 0 Å². The minimum Gasteiger partial charge on any atom is -0.295 e. The van der Waals surface area contributed by atoms with Gasteiger partial charge < -0.3 is 0 Å². The van der Waals surface area contributed by atoms with Crippen LogP contribution in [0.25, 0.3) is 0 Å². The van der Waals surface area contributed by atoms with E-state index in [4.69, 9.17) is 0 Å². The van der Waals surface area contributed by atoms with Gasteiger partial charge in [-0.3, -0.25) is 4.79 Å². The van der Waals surface area contributed by atoms with E-state index in [9.17, 15) is 4.79 Å². The number of allylic oxidation sites excluding steroid dienone is 2. The molecule has 1 rings (SSSR count). The number of carbonyl (C=O) groups is 1. The van der Waals surface area contributed by atoms with E-state index in [0.29, 0.717) is 10.7 Å². The zero-order valence-electron chi connectivity index (χ0n) is 7.96. The van der Waals surface area contributed by atoms with Gasteiger partial charge in [-0.15, -0.1) is 0 Å². The maximum Gasteiger partial charge on any atom is 0.152 e. The molecule has 68 valence electrons. The predicted molar refractivity (Wildman–Crippen MR) is 54.5 cm³/mol. The maximum absolute atomic E-state index is 10.7. The van der Waals surface area contributed by atoms with E-state index >= 15 is 0 Å². The Labute approximate surface area is 78.6 Å². The minimum atomic E-state index is 0.155. The number of rotatable bonds is 2. The summed E-state index contributed by atoms with van der Waals surface area (Å²) in [5, 5.41) is 0. The van der Waals surface area contributed by atoms with E-state index in [0.717, 1.165) is 0 Å². The summed E-state index contributed by atoms with van der Waals surface area (Å²) in [6.07, 6.45) is 4.99. The zero-order valence-corrected chi connectivity index (χ0v) is 8.78. The maximum atomic E-state index is 10.7. The monoisotopic (exact) mass is 184 g/mol. The van der Waals surface area contributed by atoms with E-state index in [1.54, 1.807) is 13.0 Å².